The van der Waals surface area contributed by atoms with Gasteiger partial charge in [-0.2, -0.15) is 0 Å². The van der Waals surface area contributed by atoms with Gasteiger partial charge in [-0.1, -0.05) is 86.0 Å². The Balaban J connectivity index is 4.83. The molecule has 0 aliphatic carbocycles. The van der Waals surface area contributed by atoms with E-state index in [0.29, 0.717) is 6.17 Å². The smallest absolute Gasteiger partial charge is 0.0622 e. The van der Waals surface area contributed by atoms with Crippen molar-refractivity contribution in [1.29, 1.82) is 0 Å². The molecule has 2 nitrogen and oxygen atoms in total. The molecule has 0 aromatic heterocycles. The first-order valence-corrected chi connectivity index (χ1v) is 11.5. The molecule has 0 aromatic rings. The van der Waals surface area contributed by atoms with Crippen LogP contribution in [0.15, 0.2) is 0 Å². The third kappa shape index (κ3) is 12.8. The van der Waals surface area contributed by atoms with Gasteiger partial charge in [0.05, 0.1) is 6.17 Å². The molecule has 0 saturated heterocycles. The largest absolute Gasteiger partial charge is 0.288 e. The van der Waals surface area contributed by atoms with Gasteiger partial charge >= 0.3 is 0 Å². The molecular weight excluding hydrogens is 304 g/mol. The summed E-state index contributed by atoms with van der Waals surface area (Å²) in [6.45, 7) is 18.6. The van der Waals surface area contributed by atoms with E-state index in [1.165, 1.54) is 103 Å². The van der Waals surface area contributed by atoms with Crippen molar-refractivity contribution in [2.45, 2.75) is 117 Å². The fraction of sp³-hybridized carbons (Fsp3) is 0.957. The van der Waals surface area contributed by atoms with E-state index in [4.69, 9.17) is 0 Å². The third-order valence-electron chi connectivity index (χ3n) is 5.30. The summed E-state index contributed by atoms with van der Waals surface area (Å²) in [5, 5.41) is 0. The summed E-state index contributed by atoms with van der Waals surface area (Å²) in [7, 11) is 0. The van der Waals surface area contributed by atoms with Gasteiger partial charge in [0, 0.05) is 0 Å². The number of rotatable bonds is 19. The molecule has 0 N–H and O–H groups in total. The molecule has 0 amide bonds. The van der Waals surface area contributed by atoms with Crippen LogP contribution in [0.3, 0.4) is 0 Å². The zero-order valence-electron chi connectivity index (χ0n) is 18.2. The highest BCUT2D eigenvalue weighted by atomic mass is 15.3. The van der Waals surface area contributed by atoms with E-state index in [-0.39, 0.29) is 0 Å². The number of nitrogens with zero attached hydrogens (tertiary/aromatic N) is 2. The van der Waals surface area contributed by atoms with Gasteiger partial charge in [-0.15, -0.1) is 0 Å². The van der Waals surface area contributed by atoms with Crippen LogP contribution < -0.4 is 0 Å². The minimum absolute atomic E-state index is 0.558. The summed E-state index contributed by atoms with van der Waals surface area (Å²) < 4.78 is 0. The summed E-state index contributed by atoms with van der Waals surface area (Å²) in [6.07, 6.45) is 17.7. The molecule has 0 atom stereocenters. The first-order valence-electron chi connectivity index (χ1n) is 11.5. The van der Waals surface area contributed by atoms with Gasteiger partial charge in [0.15, 0.2) is 0 Å². The average molecular weight is 354 g/mol. The molecule has 0 unspecified atom stereocenters. The molecule has 2 heteroatoms. The van der Waals surface area contributed by atoms with Crippen LogP contribution in [0.25, 0.3) is 0 Å². The van der Waals surface area contributed by atoms with Crippen molar-refractivity contribution in [3.05, 3.63) is 6.92 Å². The summed E-state index contributed by atoms with van der Waals surface area (Å²) in [5.41, 5.74) is 0. The number of hydrogen-bond acceptors (Lipinski definition) is 2. The summed E-state index contributed by atoms with van der Waals surface area (Å²) in [4.78, 5) is 5.55. The molecule has 0 spiro atoms. The van der Waals surface area contributed by atoms with Crippen molar-refractivity contribution in [1.82, 2.24) is 9.80 Å². The van der Waals surface area contributed by atoms with Crippen LogP contribution in [0.4, 0.5) is 0 Å². The van der Waals surface area contributed by atoms with Crippen molar-refractivity contribution in [3.8, 4) is 0 Å². The van der Waals surface area contributed by atoms with Crippen molar-refractivity contribution in [2.24, 2.45) is 0 Å². The Morgan fingerprint density at radius 1 is 0.520 bits per heavy atom. The molecule has 25 heavy (non-hydrogen) atoms. The van der Waals surface area contributed by atoms with Crippen molar-refractivity contribution < 1.29 is 0 Å². The van der Waals surface area contributed by atoms with Crippen LogP contribution in [0, 0.1) is 6.92 Å². The Morgan fingerprint density at radius 3 is 1.00 bits per heavy atom. The van der Waals surface area contributed by atoms with E-state index in [0.717, 1.165) is 6.42 Å². The van der Waals surface area contributed by atoms with Gasteiger partial charge in [-0.25, -0.2) is 0 Å². The maximum Gasteiger partial charge on any atom is 0.0622 e. The molecule has 0 saturated carbocycles. The van der Waals surface area contributed by atoms with Crippen LogP contribution in [-0.2, 0) is 0 Å². The lowest BCUT2D eigenvalue weighted by molar-refractivity contribution is 0.0375. The van der Waals surface area contributed by atoms with E-state index >= 15 is 0 Å². The first kappa shape index (κ1) is 24.9. The molecular formula is C23H49N2. The first-order chi connectivity index (χ1) is 12.2. The lowest BCUT2D eigenvalue weighted by atomic mass is 10.1. The zero-order chi connectivity index (χ0) is 18.8. The Morgan fingerprint density at radius 2 is 0.800 bits per heavy atom. The topological polar surface area (TPSA) is 6.48 Å². The predicted molar refractivity (Wildman–Crippen MR) is 115 cm³/mol. The zero-order valence-corrected chi connectivity index (χ0v) is 18.2. The third-order valence-corrected chi connectivity index (χ3v) is 5.30. The second-order valence-electron chi connectivity index (χ2n) is 7.67. The van der Waals surface area contributed by atoms with E-state index in [9.17, 15) is 0 Å². The van der Waals surface area contributed by atoms with E-state index in [1.54, 1.807) is 0 Å². The Bertz CT molecular complexity index is 210. The van der Waals surface area contributed by atoms with Crippen molar-refractivity contribution >= 4 is 0 Å². The maximum absolute atomic E-state index is 4.36. The van der Waals surface area contributed by atoms with Crippen molar-refractivity contribution in [2.75, 3.05) is 26.2 Å². The highest BCUT2D eigenvalue weighted by Gasteiger charge is 2.22. The second-order valence-corrected chi connectivity index (χ2v) is 7.67. The lowest BCUT2D eigenvalue weighted by Crippen LogP contribution is -2.49. The van der Waals surface area contributed by atoms with Crippen molar-refractivity contribution in [3.63, 3.8) is 0 Å². The lowest BCUT2D eigenvalue weighted by Gasteiger charge is -2.40. The minimum atomic E-state index is 0.558. The quantitative estimate of drug-likeness (QED) is 0.184. The van der Waals surface area contributed by atoms with Crippen LogP contribution in [-0.4, -0.2) is 42.1 Å². The molecule has 0 rings (SSSR count). The molecule has 0 fully saturated rings. The Labute approximate surface area is 160 Å². The standard InChI is InChI=1S/C23H49N2/c1-6-11-15-19-24(20-16-12-7-2)23(10-5)25(21-17-13-8-3)22-18-14-9-4/h23H,5-22H2,1-4H3. The molecule has 1 radical (unpaired) electrons. The van der Waals surface area contributed by atoms with Crippen LogP contribution in [0.5, 0.6) is 0 Å². The van der Waals surface area contributed by atoms with Crippen LogP contribution in [0.2, 0.25) is 0 Å². The second kappa shape index (κ2) is 18.7. The van der Waals surface area contributed by atoms with E-state index < -0.39 is 0 Å². The minimum Gasteiger partial charge on any atom is -0.288 e. The monoisotopic (exact) mass is 353 g/mol. The molecule has 0 bridgehead atoms. The maximum atomic E-state index is 4.36. The van der Waals surface area contributed by atoms with E-state index in [1.807, 2.05) is 0 Å². The Hall–Kier alpha value is -0.0800. The van der Waals surface area contributed by atoms with Crippen LogP contribution in [0.1, 0.15) is 111 Å². The summed E-state index contributed by atoms with van der Waals surface area (Å²) >= 11 is 0. The predicted octanol–water partition coefficient (Wildman–Crippen LogP) is 6.90. The van der Waals surface area contributed by atoms with Gasteiger partial charge in [-0.05, 0) is 58.3 Å². The molecule has 0 aliphatic rings. The molecule has 151 valence electrons. The normalized spacial score (nSPS) is 12.0. The highest BCUT2D eigenvalue weighted by molar-refractivity contribution is 4.75. The van der Waals surface area contributed by atoms with Gasteiger partial charge in [0.2, 0.25) is 0 Å². The highest BCUT2D eigenvalue weighted by Crippen LogP contribution is 2.16. The van der Waals surface area contributed by atoms with Crippen LogP contribution >= 0.6 is 0 Å². The molecule has 0 heterocycles. The van der Waals surface area contributed by atoms with Gasteiger partial charge in [0.25, 0.3) is 0 Å². The number of hydrogen-bond donors (Lipinski definition) is 0. The van der Waals surface area contributed by atoms with Gasteiger partial charge in [-0.3, -0.25) is 9.80 Å². The van der Waals surface area contributed by atoms with Gasteiger partial charge < -0.3 is 0 Å². The Kier molecular flexibility index (Phi) is 18.6. The molecule has 0 aromatic carbocycles. The summed E-state index contributed by atoms with van der Waals surface area (Å²) in [5.74, 6) is 0. The van der Waals surface area contributed by atoms with E-state index in [2.05, 4.69) is 44.4 Å². The number of unbranched alkanes of at least 4 members (excludes halogenated alkanes) is 8. The SMILES string of the molecule is [CH2]CC(N(CCCCC)CCCCC)N(CCCCC)CCCCC. The summed E-state index contributed by atoms with van der Waals surface area (Å²) in [6, 6.07) is 0. The fourth-order valence-corrected chi connectivity index (χ4v) is 3.68. The molecule has 0 aliphatic heterocycles. The average Bonchev–Trinajstić information content (AvgIpc) is 2.62. The fourth-order valence-electron chi connectivity index (χ4n) is 3.68. The van der Waals surface area contributed by atoms with Gasteiger partial charge in [0.1, 0.15) is 0 Å².